The Bertz CT molecular complexity index is 367. The third kappa shape index (κ3) is 2.91. The molecule has 0 spiro atoms. The SMILES string of the molecule is CC(C)Cc1ccc(C2(CN)OCCCO2)cc1. The number of nitrogens with two attached hydrogens (primary N) is 1. The summed E-state index contributed by atoms with van der Waals surface area (Å²) in [7, 11) is 0. The van der Waals surface area contributed by atoms with E-state index in [9.17, 15) is 0 Å². The fraction of sp³-hybridized carbons (Fsp3) is 0.600. The van der Waals surface area contributed by atoms with Crippen LogP contribution in [0.4, 0.5) is 0 Å². The molecule has 3 heteroatoms. The van der Waals surface area contributed by atoms with Crippen LogP contribution in [0.1, 0.15) is 31.4 Å². The van der Waals surface area contributed by atoms with Crippen molar-refractivity contribution in [2.24, 2.45) is 11.7 Å². The van der Waals surface area contributed by atoms with E-state index >= 15 is 0 Å². The van der Waals surface area contributed by atoms with Gasteiger partial charge in [-0.2, -0.15) is 0 Å². The Balaban J connectivity index is 2.16. The van der Waals surface area contributed by atoms with Crippen LogP contribution in [0.2, 0.25) is 0 Å². The van der Waals surface area contributed by atoms with Crippen LogP contribution in [0.5, 0.6) is 0 Å². The van der Waals surface area contributed by atoms with Crippen molar-refractivity contribution in [2.45, 2.75) is 32.5 Å². The Morgan fingerprint density at radius 1 is 1.17 bits per heavy atom. The van der Waals surface area contributed by atoms with E-state index in [1.165, 1.54) is 5.56 Å². The summed E-state index contributed by atoms with van der Waals surface area (Å²) >= 11 is 0. The highest BCUT2D eigenvalue weighted by molar-refractivity contribution is 5.27. The van der Waals surface area contributed by atoms with E-state index in [2.05, 4.69) is 38.1 Å². The quantitative estimate of drug-likeness (QED) is 0.891. The van der Waals surface area contributed by atoms with Crippen LogP contribution >= 0.6 is 0 Å². The van der Waals surface area contributed by atoms with E-state index in [-0.39, 0.29) is 0 Å². The van der Waals surface area contributed by atoms with Crippen LogP contribution in [-0.4, -0.2) is 19.8 Å². The minimum Gasteiger partial charge on any atom is -0.345 e. The number of hydrogen-bond acceptors (Lipinski definition) is 3. The number of ether oxygens (including phenoxy) is 2. The lowest BCUT2D eigenvalue weighted by Crippen LogP contribution is -2.44. The molecule has 0 radical (unpaired) electrons. The third-order valence-corrected chi connectivity index (χ3v) is 3.27. The largest absolute Gasteiger partial charge is 0.345 e. The first-order valence-electron chi connectivity index (χ1n) is 6.74. The van der Waals surface area contributed by atoms with Crippen molar-refractivity contribution in [1.29, 1.82) is 0 Å². The van der Waals surface area contributed by atoms with Crippen molar-refractivity contribution in [3.63, 3.8) is 0 Å². The van der Waals surface area contributed by atoms with E-state index in [1.54, 1.807) is 0 Å². The van der Waals surface area contributed by atoms with E-state index in [1.807, 2.05) is 0 Å². The van der Waals surface area contributed by atoms with Crippen molar-refractivity contribution in [1.82, 2.24) is 0 Å². The predicted molar refractivity (Wildman–Crippen MR) is 72.2 cm³/mol. The maximum absolute atomic E-state index is 5.84. The highest BCUT2D eigenvalue weighted by Gasteiger charge is 2.35. The lowest BCUT2D eigenvalue weighted by atomic mass is 9.98. The van der Waals surface area contributed by atoms with Gasteiger partial charge in [0.25, 0.3) is 0 Å². The van der Waals surface area contributed by atoms with Crippen LogP contribution in [0.3, 0.4) is 0 Å². The highest BCUT2D eigenvalue weighted by Crippen LogP contribution is 2.30. The molecular weight excluding hydrogens is 226 g/mol. The summed E-state index contributed by atoms with van der Waals surface area (Å²) < 4.78 is 11.5. The average Bonchev–Trinajstić information content (AvgIpc) is 2.39. The van der Waals surface area contributed by atoms with Crippen LogP contribution < -0.4 is 5.73 Å². The molecule has 0 unspecified atom stereocenters. The maximum atomic E-state index is 5.84. The summed E-state index contributed by atoms with van der Waals surface area (Å²) in [4.78, 5) is 0. The Kier molecular flexibility index (Phi) is 4.38. The van der Waals surface area contributed by atoms with Gasteiger partial charge < -0.3 is 15.2 Å². The fourth-order valence-corrected chi connectivity index (χ4v) is 2.34. The molecule has 1 heterocycles. The van der Waals surface area contributed by atoms with Gasteiger partial charge in [-0.3, -0.25) is 0 Å². The van der Waals surface area contributed by atoms with E-state index < -0.39 is 5.79 Å². The Morgan fingerprint density at radius 3 is 2.28 bits per heavy atom. The zero-order valence-corrected chi connectivity index (χ0v) is 11.3. The Morgan fingerprint density at radius 2 is 1.78 bits per heavy atom. The molecule has 2 N–H and O–H groups in total. The molecule has 0 atom stereocenters. The second-order valence-electron chi connectivity index (χ2n) is 5.30. The Labute approximate surface area is 109 Å². The minimum absolute atomic E-state index is 0.358. The first-order valence-corrected chi connectivity index (χ1v) is 6.74. The standard InChI is InChI=1S/C15H23NO2/c1-12(2)10-13-4-6-14(7-5-13)15(11-16)17-8-3-9-18-15/h4-7,12H,3,8-11,16H2,1-2H3. The molecule has 1 aliphatic heterocycles. The normalized spacial score (nSPS) is 19.1. The fourth-order valence-electron chi connectivity index (χ4n) is 2.34. The smallest absolute Gasteiger partial charge is 0.207 e. The number of hydrogen-bond donors (Lipinski definition) is 1. The summed E-state index contributed by atoms with van der Waals surface area (Å²) in [6, 6.07) is 8.45. The molecule has 1 aromatic carbocycles. The lowest BCUT2D eigenvalue weighted by molar-refractivity contribution is -0.269. The lowest BCUT2D eigenvalue weighted by Gasteiger charge is -2.36. The van der Waals surface area contributed by atoms with Crippen LogP contribution in [-0.2, 0) is 21.7 Å². The van der Waals surface area contributed by atoms with E-state index in [0.717, 1.165) is 18.4 Å². The maximum Gasteiger partial charge on any atom is 0.207 e. The molecule has 0 bridgehead atoms. The van der Waals surface area contributed by atoms with Gasteiger partial charge in [0.1, 0.15) is 0 Å². The van der Waals surface area contributed by atoms with Crippen LogP contribution in [0.15, 0.2) is 24.3 Å². The number of benzene rings is 1. The van der Waals surface area contributed by atoms with Crippen LogP contribution in [0.25, 0.3) is 0 Å². The third-order valence-electron chi connectivity index (χ3n) is 3.27. The molecule has 1 aromatic rings. The monoisotopic (exact) mass is 249 g/mol. The molecule has 18 heavy (non-hydrogen) atoms. The van der Waals surface area contributed by atoms with Gasteiger partial charge >= 0.3 is 0 Å². The van der Waals surface area contributed by atoms with E-state index in [0.29, 0.717) is 25.7 Å². The van der Waals surface area contributed by atoms with Gasteiger partial charge in [0.15, 0.2) is 0 Å². The van der Waals surface area contributed by atoms with Gasteiger partial charge in [-0.15, -0.1) is 0 Å². The zero-order chi connectivity index (χ0) is 13.0. The van der Waals surface area contributed by atoms with Gasteiger partial charge in [0.2, 0.25) is 5.79 Å². The van der Waals surface area contributed by atoms with Gasteiger partial charge in [-0.1, -0.05) is 38.1 Å². The summed E-state index contributed by atoms with van der Waals surface area (Å²) in [5, 5.41) is 0. The van der Waals surface area contributed by atoms with Crippen LogP contribution in [0, 0.1) is 5.92 Å². The minimum atomic E-state index is -0.728. The molecule has 0 aromatic heterocycles. The second kappa shape index (κ2) is 5.83. The molecular formula is C15H23NO2. The van der Waals surface area contributed by atoms with Crippen molar-refractivity contribution < 1.29 is 9.47 Å². The second-order valence-corrected chi connectivity index (χ2v) is 5.30. The zero-order valence-electron chi connectivity index (χ0n) is 11.3. The summed E-state index contributed by atoms with van der Waals surface area (Å²) in [5.41, 5.74) is 8.21. The molecule has 1 aliphatic rings. The van der Waals surface area contributed by atoms with Crippen molar-refractivity contribution >= 4 is 0 Å². The van der Waals surface area contributed by atoms with Gasteiger partial charge in [0.05, 0.1) is 19.8 Å². The topological polar surface area (TPSA) is 44.5 Å². The molecule has 0 aliphatic carbocycles. The number of rotatable bonds is 4. The first kappa shape index (κ1) is 13.5. The Hall–Kier alpha value is -0.900. The molecule has 1 fully saturated rings. The van der Waals surface area contributed by atoms with Gasteiger partial charge in [-0.05, 0) is 24.3 Å². The highest BCUT2D eigenvalue weighted by atomic mass is 16.7. The molecule has 0 saturated carbocycles. The predicted octanol–water partition coefficient (Wildman–Crippen LogP) is 2.43. The first-order chi connectivity index (χ1) is 8.66. The average molecular weight is 249 g/mol. The van der Waals surface area contributed by atoms with E-state index in [4.69, 9.17) is 15.2 Å². The molecule has 0 amide bonds. The van der Waals surface area contributed by atoms with Crippen molar-refractivity contribution in [3.8, 4) is 0 Å². The summed E-state index contributed by atoms with van der Waals surface area (Å²) in [6.07, 6.45) is 2.03. The van der Waals surface area contributed by atoms with Crippen molar-refractivity contribution in [2.75, 3.05) is 19.8 Å². The van der Waals surface area contributed by atoms with Gasteiger partial charge in [0, 0.05) is 5.56 Å². The van der Waals surface area contributed by atoms with Gasteiger partial charge in [-0.25, -0.2) is 0 Å². The summed E-state index contributed by atoms with van der Waals surface area (Å²) in [6.45, 7) is 6.23. The van der Waals surface area contributed by atoms with Crippen molar-refractivity contribution in [3.05, 3.63) is 35.4 Å². The molecule has 3 nitrogen and oxygen atoms in total. The molecule has 100 valence electrons. The molecule has 1 saturated heterocycles. The molecule has 2 rings (SSSR count). The summed E-state index contributed by atoms with van der Waals surface area (Å²) in [5.74, 6) is -0.0595.